The summed E-state index contributed by atoms with van der Waals surface area (Å²) in [5.41, 5.74) is 0.470. The van der Waals surface area contributed by atoms with Crippen molar-refractivity contribution in [2.75, 3.05) is 0 Å². The van der Waals surface area contributed by atoms with Gasteiger partial charge in [0.05, 0.1) is 5.56 Å². The van der Waals surface area contributed by atoms with Crippen LogP contribution in [0.1, 0.15) is 49.5 Å². The third-order valence-electron chi connectivity index (χ3n) is 2.82. The minimum Gasteiger partial charge on any atom is -0.347 e. The highest BCUT2D eigenvalue weighted by molar-refractivity contribution is 7.91. The van der Waals surface area contributed by atoms with Crippen molar-refractivity contribution in [3.8, 4) is 0 Å². The quantitative estimate of drug-likeness (QED) is 0.872. The molecule has 0 spiro atoms. The summed E-state index contributed by atoms with van der Waals surface area (Å²) < 4.78 is 22.7. The van der Waals surface area contributed by atoms with Gasteiger partial charge in [-0.15, -0.1) is 11.3 Å². The Bertz CT molecular complexity index is 574. The van der Waals surface area contributed by atoms with Crippen molar-refractivity contribution >= 4 is 27.3 Å². The highest BCUT2D eigenvalue weighted by Gasteiger charge is 2.25. The summed E-state index contributed by atoms with van der Waals surface area (Å²) in [6.45, 7) is 7.52. The number of primary sulfonamides is 1. The van der Waals surface area contributed by atoms with Gasteiger partial charge in [0, 0.05) is 10.9 Å². The predicted molar refractivity (Wildman–Crippen MR) is 76.9 cm³/mol. The van der Waals surface area contributed by atoms with Crippen LogP contribution in [-0.2, 0) is 10.0 Å². The van der Waals surface area contributed by atoms with Crippen molar-refractivity contribution in [1.29, 1.82) is 0 Å². The lowest BCUT2D eigenvalue weighted by atomic mass is 9.98. The Hall–Kier alpha value is -0.920. The van der Waals surface area contributed by atoms with Crippen LogP contribution in [0.25, 0.3) is 0 Å². The molecule has 1 rings (SSSR count). The van der Waals surface area contributed by atoms with Crippen molar-refractivity contribution in [2.45, 2.75) is 50.3 Å². The molecule has 108 valence electrons. The molecule has 0 aliphatic heterocycles. The van der Waals surface area contributed by atoms with Gasteiger partial charge < -0.3 is 5.32 Å². The van der Waals surface area contributed by atoms with Crippen LogP contribution in [0.4, 0.5) is 0 Å². The van der Waals surface area contributed by atoms with Crippen LogP contribution in [0.5, 0.6) is 0 Å². The zero-order valence-corrected chi connectivity index (χ0v) is 13.2. The van der Waals surface area contributed by atoms with E-state index in [1.807, 2.05) is 20.8 Å². The SMILES string of the molecule is CCCC(C)(C)NC(=O)c1csc(S(N)(=O)=O)c1C. The molecule has 0 saturated carbocycles. The van der Waals surface area contributed by atoms with Crippen LogP contribution in [0.15, 0.2) is 9.59 Å². The maximum atomic E-state index is 12.2. The second-order valence-corrected chi connectivity index (χ2v) is 7.83. The summed E-state index contributed by atoms with van der Waals surface area (Å²) >= 11 is 0.977. The molecule has 0 atom stereocenters. The molecule has 7 heteroatoms. The van der Waals surface area contributed by atoms with Gasteiger partial charge in [-0.25, -0.2) is 13.6 Å². The first-order valence-corrected chi connectivity index (χ1v) is 8.44. The molecule has 0 saturated heterocycles. The Labute approximate surface area is 118 Å². The fourth-order valence-corrected chi connectivity index (χ4v) is 3.98. The molecule has 0 aliphatic carbocycles. The fraction of sp³-hybridized carbons (Fsp3) is 0.583. The number of thiophene rings is 1. The zero-order valence-electron chi connectivity index (χ0n) is 11.6. The first-order valence-electron chi connectivity index (χ1n) is 6.02. The van der Waals surface area contributed by atoms with Crippen molar-refractivity contribution in [1.82, 2.24) is 5.32 Å². The highest BCUT2D eigenvalue weighted by Crippen LogP contribution is 2.26. The summed E-state index contributed by atoms with van der Waals surface area (Å²) in [4.78, 5) is 12.2. The van der Waals surface area contributed by atoms with E-state index in [0.717, 1.165) is 24.2 Å². The molecule has 0 bridgehead atoms. The molecular formula is C12H20N2O3S2. The van der Waals surface area contributed by atoms with Gasteiger partial charge in [-0.1, -0.05) is 13.3 Å². The van der Waals surface area contributed by atoms with Gasteiger partial charge in [-0.3, -0.25) is 4.79 Å². The van der Waals surface area contributed by atoms with E-state index in [-0.39, 0.29) is 15.7 Å². The van der Waals surface area contributed by atoms with Crippen LogP contribution in [-0.4, -0.2) is 19.9 Å². The Morgan fingerprint density at radius 1 is 1.47 bits per heavy atom. The molecule has 5 nitrogen and oxygen atoms in total. The molecule has 0 unspecified atom stereocenters. The van der Waals surface area contributed by atoms with E-state index in [4.69, 9.17) is 5.14 Å². The maximum absolute atomic E-state index is 12.2. The van der Waals surface area contributed by atoms with Gasteiger partial charge in [-0.2, -0.15) is 0 Å². The normalized spacial score (nSPS) is 12.5. The maximum Gasteiger partial charge on any atom is 0.252 e. The minimum atomic E-state index is -3.76. The van der Waals surface area contributed by atoms with Crippen LogP contribution < -0.4 is 10.5 Å². The standard InChI is InChI=1S/C12H20N2O3S2/c1-5-6-12(3,4)14-10(15)9-7-18-11(8(9)2)19(13,16)17/h7H,5-6H2,1-4H3,(H,14,15)(H2,13,16,17). The number of carbonyl (C=O) groups is 1. The van der Waals surface area contributed by atoms with Crippen molar-refractivity contribution in [3.63, 3.8) is 0 Å². The van der Waals surface area contributed by atoms with Crippen molar-refractivity contribution < 1.29 is 13.2 Å². The van der Waals surface area contributed by atoms with Gasteiger partial charge in [0.15, 0.2) is 0 Å². The Morgan fingerprint density at radius 3 is 2.47 bits per heavy atom. The summed E-state index contributed by atoms with van der Waals surface area (Å²) in [6, 6.07) is 0. The van der Waals surface area contributed by atoms with E-state index in [1.165, 1.54) is 5.38 Å². The largest absolute Gasteiger partial charge is 0.347 e. The first-order chi connectivity index (χ1) is 8.58. The van der Waals surface area contributed by atoms with E-state index in [0.29, 0.717) is 11.1 Å². The average Bonchev–Trinajstić information content (AvgIpc) is 2.58. The van der Waals surface area contributed by atoms with E-state index < -0.39 is 10.0 Å². The summed E-state index contributed by atoms with van der Waals surface area (Å²) in [5, 5.41) is 9.54. The van der Waals surface area contributed by atoms with Crippen molar-refractivity contribution in [2.24, 2.45) is 5.14 Å². The molecule has 0 radical (unpaired) electrons. The minimum absolute atomic E-state index is 0.0472. The first kappa shape index (κ1) is 16.1. The lowest BCUT2D eigenvalue weighted by Gasteiger charge is -2.25. The molecule has 19 heavy (non-hydrogen) atoms. The number of hydrogen-bond donors (Lipinski definition) is 2. The fourth-order valence-electron chi connectivity index (χ4n) is 1.97. The van der Waals surface area contributed by atoms with Gasteiger partial charge in [0.1, 0.15) is 4.21 Å². The van der Waals surface area contributed by atoms with Crippen LogP contribution >= 0.6 is 11.3 Å². The number of nitrogens with two attached hydrogens (primary N) is 1. The average molecular weight is 304 g/mol. The number of hydrogen-bond acceptors (Lipinski definition) is 4. The summed E-state index contributed by atoms with van der Waals surface area (Å²) in [5.74, 6) is -0.262. The molecule has 0 aliphatic rings. The van der Waals surface area contributed by atoms with Crippen LogP contribution in [0, 0.1) is 6.92 Å². The Morgan fingerprint density at radius 2 is 2.05 bits per heavy atom. The van der Waals surface area contributed by atoms with Gasteiger partial charge in [-0.05, 0) is 32.8 Å². The lowest BCUT2D eigenvalue weighted by molar-refractivity contribution is 0.0908. The van der Waals surface area contributed by atoms with Gasteiger partial charge in [0.25, 0.3) is 5.91 Å². The Kier molecular flexibility index (Phi) is 4.76. The third-order valence-corrected chi connectivity index (χ3v) is 5.51. The van der Waals surface area contributed by atoms with Crippen molar-refractivity contribution in [3.05, 3.63) is 16.5 Å². The third kappa shape index (κ3) is 4.02. The monoisotopic (exact) mass is 304 g/mol. The molecule has 1 aromatic rings. The zero-order chi connectivity index (χ0) is 14.8. The lowest BCUT2D eigenvalue weighted by Crippen LogP contribution is -2.43. The molecule has 3 N–H and O–H groups in total. The van der Waals surface area contributed by atoms with E-state index in [9.17, 15) is 13.2 Å². The Balaban J connectivity index is 3.00. The van der Waals surface area contributed by atoms with Crippen LogP contribution in [0.3, 0.4) is 0 Å². The van der Waals surface area contributed by atoms with E-state index >= 15 is 0 Å². The topological polar surface area (TPSA) is 89.3 Å². The second kappa shape index (κ2) is 5.60. The highest BCUT2D eigenvalue weighted by atomic mass is 32.2. The molecule has 1 amide bonds. The molecule has 1 aromatic heterocycles. The van der Waals surface area contributed by atoms with Gasteiger partial charge >= 0.3 is 0 Å². The van der Waals surface area contributed by atoms with Gasteiger partial charge in [0.2, 0.25) is 10.0 Å². The second-order valence-electron chi connectivity index (χ2n) is 5.19. The molecule has 0 aromatic carbocycles. The number of amides is 1. The predicted octanol–water partition coefficient (Wildman–Crippen LogP) is 2.01. The number of nitrogens with one attached hydrogen (secondary N) is 1. The van der Waals surface area contributed by atoms with E-state index in [2.05, 4.69) is 5.32 Å². The number of carbonyl (C=O) groups excluding carboxylic acids is 1. The van der Waals surface area contributed by atoms with E-state index in [1.54, 1.807) is 6.92 Å². The molecular weight excluding hydrogens is 284 g/mol. The summed E-state index contributed by atoms with van der Waals surface area (Å²) in [7, 11) is -3.76. The molecule has 1 heterocycles. The van der Waals surface area contributed by atoms with Crippen LogP contribution in [0.2, 0.25) is 0 Å². The summed E-state index contributed by atoms with van der Waals surface area (Å²) in [6.07, 6.45) is 1.81. The molecule has 0 fully saturated rings. The number of sulfonamides is 1. The number of rotatable bonds is 5. The smallest absolute Gasteiger partial charge is 0.252 e.